The van der Waals surface area contributed by atoms with E-state index in [-0.39, 0.29) is 13.3 Å². The van der Waals surface area contributed by atoms with E-state index < -0.39 is 0 Å². The van der Waals surface area contributed by atoms with Crippen molar-refractivity contribution in [3.8, 4) is 11.4 Å². The zero-order valence-corrected chi connectivity index (χ0v) is 20.9. The lowest BCUT2D eigenvalue weighted by atomic mass is 10.1. The van der Waals surface area contributed by atoms with Crippen LogP contribution in [0, 0.1) is 5.82 Å². The van der Waals surface area contributed by atoms with Crippen molar-refractivity contribution in [3.63, 3.8) is 0 Å². The van der Waals surface area contributed by atoms with E-state index in [1.165, 1.54) is 36.2 Å². The van der Waals surface area contributed by atoms with Crippen molar-refractivity contribution in [1.29, 1.82) is 0 Å². The lowest BCUT2D eigenvalue weighted by molar-refractivity contribution is -0.0660. The molecule has 1 saturated carbocycles. The van der Waals surface area contributed by atoms with Crippen molar-refractivity contribution in [2.45, 2.75) is 44.8 Å². The molecule has 2 aliphatic heterocycles. The summed E-state index contributed by atoms with van der Waals surface area (Å²) < 4.78 is 26.8. The number of anilines is 3. The first-order valence-corrected chi connectivity index (χ1v) is 12.9. The van der Waals surface area contributed by atoms with E-state index in [9.17, 15) is 4.39 Å². The molecular weight excluding hydrogens is 459 g/mol. The zero-order valence-electron chi connectivity index (χ0n) is 20.9. The largest absolute Gasteiger partial charge is 0.491 e. The van der Waals surface area contributed by atoms with Crippen molar-refractivity contribution in [2.24, 2.45) is 0 Å². The highest BCUT2D eigenvalue weighted by Crippen LogP contribution is 2.42. The number of piperazine rings is 1. The molecule has 9 heteroatoms. The third kappa shape index (κ3) is 5.17. The van der Waals surface area contributed by atoms with Gasteiger partial charge in [0.25, 0.3) is 0 Å². The molecule has 3 fully saturated rings. The van der Waals surface area contributed by atoms with Gasteiger partial charge in [0.2, 0.25) is 5.95 Å². The van der Waals surface area contributed by atoms with Crippen molar-refractivity contribution in [2.75, 3.05) is 49.6 Å². The van der Waals surface area contributed by atoms with Crippen molar-refractivity contribution < 1.29 is 15.3 Å². The molecule has 3 heterocycles. The van der Waals surface area contributed by atoms with Gasteiger partial charge in [-0.2, -0.15) is 4.98 Å². The lowest BCUT2D eigenvalue weighted by Crippen LogP contribution is -2.56. The smallest absolute Gasteiger partial charge is 0.246 e. The van der Waals surface area contributed by atoms with E-state index in [4.69, 9.17) is 9.47 Å². The summed E-state index contributed by atoms with van der Waals surface area (Å²) in [6, 6.07) is 11.9. The predicted molar refractivity (Wildman–Crippen MR) is 139 cm³/mol. The van der Waals surface area contributed by atoms with Crippen LogP contribution in [0.3, 0.4) is 0 Å². The molecule has 3 aromatic rings. The summed E-state index contributed by atoms with van der Waals surface area (Å²) in [5, 5.41) is 7.94. The van der Waals surface area contributed by atoms with Crippen LogP contribution in [0.5, 0.6) is 5.75 Å². The maximum absolute atomic E-state index is 14.2. The summed E-state index contributed by atoms with van der Waals surface area (Å²) in [4.78, 5) is 9.45. The number of hydrogen-bond donors (Lipinski definition) is 1. The van der Waals surface area contributed by atoms with Crippen LogP contribution in [0.1, 0.15) is 39.6 Å². The molecule has 2 aromatic carbocycles. The van der Waals surface area contributed by atoms with Crippen LogP contribution in [-0.4, -0.2) is 71.2 Å². The minimum absolute atomic E-state index is 0. The Bertz CT molecular complexity index is 1220. The van der Waals surface area contributed by atoms with Gasteiger partial charge >= 0.3 is 0 Å². The Morgan fingerprint density at radius 1 is 1.03 bits per heavy atom. The second kappa shape index (κ2) is 9.71. The van der Waals surface area contributed by atoms with Gasteiger partial charge in [-0.25, -0.2) is 9.07 Å². The number of nitrogens with zero attached hydrogens (tertiary/aromatic N) is 5. The fourth-order valence-electron chi connectivity index (χ4n) is 4.92. The second-order valence-electron chi connectivity index (χ2n) is 10.3. The number of benzene rings is 2. The molecule has 192 valence electrons. The molecule has 0 spiro atoms. The van der Waals surface area contributed by atoms with E-state index in [1.54, 1.807) is 17.1 Å². The normalized spacial score (nSPS) is 18.9. The highest BCUT2D eigenvalue weighted by Gasteiger charge is 2.30. The maximum Gasteiger partial charge on any atom is 0.246 e. The van der Waals surface area contributed by atoms with Gasteiger partial charge in [0.1, 0.15) is 17.9 Å². The minimum atomic E-state index is -0.375. The lowest BCUT2D eigenvalue weighted by Gasteiger charge is -2.43. The molecule has 1 N–H and O–H groups in total. The fourth-order valence-corrected chi connectivity index (χ4v) is 4.92. The van der Waals surface area contributed by atoms with Gasteiger partial charge in [0.05, 0.1) is 31.0 Å². The molecule has 0 radical (unpaired) electrons. The minimum Gasteiger partial charge on any atom is -0.491 e. The van der Waals surface area contributed by atoms with E-state index in [1.807, 2.05) is 13.8 Å². The Morgan fingerprint density at radius 3 is 2.53 bits per heavy atom. The Labute approximate surface area is 212 Å². The Balaban J connectivity index is 0.00000280. The quantitative estimate of drug-likeness (QED) is 0.492. The Morgan fingerprint density at radius 2 is 1.83 bits per heavy atom. The zero-order chi connectivity index (χ0) is 24.6. The van der Waals surface area contributed by atoms with E-state index in [0.29, 0.717) is 29.3 Å². The summed E-state index contributed by atoms with van der Waals surface area (Å²) in [7, 11) is 0. The summed E-state index contributed by atoms with van der Waals surface area (Å²) in [5.41, 5.74) is 4.15. The number of halogens is 1. The molecule has 8 nitrogen and oxygen atoms in total. The fraction of sp³-hybridized carbons (Fsp3) is 0.481. The standard InChI is InChI=1S/C27H33FN6O2.H2/c1-18(2)36-26-12-21(28)11-24(14-26)34-17-29-27(31-34)30-22-9-20(19-3-4-19)10-23(13-22)32-5-7-33(8-6-32)25-15-35-16-25;/h9-14,17-19,25H,3-8,15-16H2,1-2H3,(H,30,31);1H. The monoisotopic (exact) mass is 494 g/mol. The predicted octanol–water partition coefficient (Wildman–Crippen LogP) is 4.58. The average Bonchev–Trinajstić information content (AvgIpc) is 3.56. The van der Waals surface area contributed by atoms with Gasteiger partial charge in [-0.1, -0.05) is 0 Å². The summed E-state index contributed by atoms with van der Waals surface area (Å²) in [6.45, 7) is 9.71. The molecule has 3 aliphatic rings. The summed E-state index contributed by atoms with van der Waals surface area (Å²) >= 11 is 0. The summed E-state index contributed by atoms with van der Waals surface area (Å²) in [6.07, 6.45) is 4.03. The molecule has 0 amide bonds. The van der Waals surface area contributed by atoms with Crippen LogP contribution in [0.2, 0.25) is 0 Å². The number of ether oxygens (including phenoxy) is 2. The van der Waals surface area contributed by atoms with Crippen LogP contribution in [-0.2, 0) is 4.74 Å². The van der Waals surface area contributed by atoms with Gasteiger partial charge in [-0.05, 0) is 62.4 Å². The van der Waals surface area contributed by atoms with Gasteiger partial charge in [-0.3, -0.25) is 4.90 Å². The SMILES string of the molecule is CC(C)Oc1cc(F)cc(-n2cnc(Nc3cc(C4CC4)cc(N4CCN(C5COC5)CC4)c3)n2)c1.[HH]. The van der Waals surface area contributed by atoms with Crippen LogP contribution in [0.25, 0.3) is 5.69 Å². The molecule has 1 aromatic heterocycles. The Hall–Kier alpha value is -3.17. The molecule has 0 bridgehead atoms. The molecule has 0 unspecified atom stereocenters. The van der Waals surface area contributed by atoms with Crippen molar-refractivity contribution in [1.82, 2.24) is 19.7 Å². The molecule has 1 aliphatic carbocycles. The van der Waals surface area contributed by atoms with Crippen LogP contribution < -0.4 is 15.0 Å². The molecule has 0 atom stereocenters. The first-order valence-electron chi connectivity index (χ1n) is 12.9. The highest BCUT2D eigenvalue weighted by atomic mass is 19.1. The molecule has 6 rings (SSSR count). The van der Waals surface area contributed by atoms with E-state index in [2.05, 4.69) is 43.4 Å². The third-order valence-electron chi connectivity index (χ3n) is 7.05. The first kappa shape index (κ1) is 23.2. The summed E-state index contributed by atoms with van der Waals surface area (Å²) in [5.74, 6) is 1.20. The number of nitrogens with one attached hydrogen (secondary N) is 1. The molecular formula is C27H35FN6O2. The van der Waals surface area contributed by atoms with Crippen LogP contribution in [0.4, 0.5) is 21.7 Å². The van der Waals surface area contributed by atoms with Crippen LogP contribution in [0.15, 0.2) is 42.7 Å². The number of hydrogen-bond acceptors (Lipinski definition) is 7. The molecule has 2 saturated heterocycles. The van der Waals surface area contributed by atoms with Crippen LogP contribution >= 0.6 is 0 Å². The van der Waals surface area contributed by atoms with Gasteiger partial charge in [0.15, 0.2) is 0 Å². The van der Waals surface area contributed by atoms with E-state index >= 15 is 0 Å². The average molecular weight is 495 g/mol. The maximum atomic E-state index is 14.2. The topological polar surface area (TPSA) is 67.7 Å². The van der Waals surface area contributed by atoms with Crippen molar-refractivity contribution in [3.05, 3.63) is 54.1 Å². The van der Waals surface area contributed by atoms with Gasteiger partial charge in [-0.15, -0.1) is 5.10 Å². The molecule has 36 heavy (non-hydrogen) atoms. The highest BCUT2D eigenvalue weighted by molar-refractivity contribution is 5.65. The van der Waals surface area contributed by atoms with Gasteiger partial charge in [0, 0.05) is 51.1 Å². The van der Waals surface area contributed by atoms with E-state index in [0.717, 1.165) is 45.1 Å². The van der Waals surface area contributed by atoms with Crippen molar-refractivity contribution >= 4 is 17.3 Å². The number of aromatic nitrogens is 3. The number of rotatable bonds is 8. The first-order chi connectivity index (χ1) is 17.5. The second-order valence-corrected chi connectivity index (χ2v) is 10.3. The Kier molecular flexibility index (Phi) is 6.27. The third-order valence-corrected chi connectivity index (χ3v) is 7.05. The van der Waals surface area contributed by atoms with Gasteiger partial charge < -0.3 is 19.7 Å².